The first-order chi connectivity index (χ1) is 14.4. The highest BCUT2D eigenvalue weighted by Crippen LogP contribution is 2.31. The molecule has 2 heterocycles. The lowest BCUT2D eigenvalue weighted by Gasteiger charge is -2.31. The van der Waals surface area contributed by atoms with Gasteiger partial charge in [0.15, 0.2) is 0 Å². The number of carbonyl (C=O) groups excluding carboxylic acids is 2. The number of pyridine rings is 1. The molecule has 1 aliphatic rings. The molecule has 0 radical (unpaired) electrons. The third-order valence-corrected chi connectivity index (χ3v) is 5.23. The highest BCUT2D eigenvalue weighted by Gasteiger charge is 2.40. The second-order valence-corrected chi connectivity index (χ2v) is 7.44. The van der Waals surface area contributed by atoms with Crippen LogP contribution in [-0.2, 0) is 6.42 Å². The molecule has 2 amide bonds. The summed E-state index contributed by atoms with van der Waals surface area (Å²) in [6.07, 6.45) is 1.04. The molecule has 9 heteroatoms. The van der Waals surface area contributed by atoms with Gasteiger partial charge in [-0.1, -0.05) is 30.3 Å². The number of halogens is 3. The Kier molecular flexibility index (Phi) is 8.88. The molecule has 6 nitrogen and oxygen atoms in total. The van der Waals surface area contributed by atoms with Crippen LogP contribution in [0.25, 0.3) is 0 Å². The molecule has 1 unspecified atom stereocenters. The zero-order valence-corrected chi connectivity index (χ0v) is 18.1. The van der Waals surface area contributed by atoms with Crippen LogP contribution < -0.4 is 16.0 Å². The summed E-state index contributed by atoms with van der Waals surface area (Å²) in [5.41, 5.74) is 2.00. The molecule has 0 spiro atoms. The summed E-state index contributed by atoms with van der Waals surface area (Å²) in [4.78, 5) is 29.1. The van der Waals surface area contributed by atoms with Crippen molar-refractivity contribution in [3.8, 4) is 0 Å². The minimum atomic E-state index is -2.77. The first-order valence-corrected chi connectivity index (χ1v) is 10.0. The normalized spacial score (nSPS) is 17.3. The fraction of sp³-hybridized carbons (Fsp3) is 0.409. The van der Waals surface area contributed by atoms with Crippen molar-refractivity contribution in [1.82, 2.24) is 20.9 Å². The Labute approximate surface area is 186 Å². The van der Waals surface area contributed by atoms with Crippen molar-refractivity contribution in [3.05, 3.63) is 65.0 Å². The van der Waals surface area contributed by atoms with Crippen LogP contribution in [0, 0.1) is 5.92 Å². The predicted molar refractivity (Wildman–Crippen MR) is 117 cm³/mol. The molecule has 1 aliphatic heterocycles. The highest BCUT2D eigenvalue weighted by molar-refractivity contribution is 5.98. The molecular weight excluding hydrogens is 426 g/mol. The van der Waals surface area contributed by atoms with Crippen molar-refractivity contribution in [2.75, 3.05) is 26.7 Å². The SMILES string of the molecule is CNC(=O)c1cc(C(=O)NCCC2CCNCC2(F)F)cc(Cc2ccccc2)n1.Cl. The highest BCUT2D eigenvalue weighted by atomic mass is 35.5. The Hall–Kier alpha value is -2.58. The van der Waals surface area contributed by atoms with Gasteiger partial charge in [0.05, 0.1) is 6.54 Å². The van der Waals surface area contributed by atoms with Crippen molar-refractivity contribution in [2.45, 2.75) is 25.2 Å². The number of hydrogen-bond donors (Lipinski definition) is 3. The number of hydrogen-bond acceptors (Lipinski definition) is 4. The van der Waals surface area contributed by atoms with E-state index >= 15 is 0 Å². The average Bonchev–Trinajstić information content (AvgIpc) is 2.74. The molecule has 3 rings (SSSR count). The lowest BCUT2D eigenvalue weighted by molar-refractivity contribution is -0.0754. The summed E-state index contributed by atoms with van der Waals surface area (Å²) in [6, 6.07) is 12.6. The Morgan fingerprint density at radius 1 is 1.19 bits per heavy atom. The van der Waals surface area contributed by atoms with E-state index in [2.05, 4.69) is 20.9 Å². The van der Waals surface area contributed by atoms with Gasteiger partial charge in [-0.05, 0) is 37.1 Å². The maximum Gasteiger partial charge on any atom is 0.269 e. The fourth-order valence-electron chi connectivity index (χ4n) is 3.56. The van der Waals surface area contributed by atoms with Gasteiger partial charge < -0.3 is 16.0 Å². The van der Waals surface area contributed by atoms with E-state index in [1.165, 1.54) is 13.1 Å². The van der Waals surface area contributed by atoms with Gasteiger partial charge in [0.25, 0.3) is 17.7 Å². The minimum absolute atomic E-state index is 0. The summed E-state index contributed by atoms with van der Waals surface area (Å²) < 4.78 is 27.9. The second-order valence-electron chi connectivity index (χ2n) is 7.44. The Bertz CT molecular complexity index is 896. The number of nitrogens with zero attached hydrogens (tertiary/aromatic N) is 1. The molecule has 0 bridgehead atoms. The number of aromatic nitrogens is 1. The summed E-state index contributed by atoms with van der Waals surface area (Å²) >= 11 is 0. The summed E-state index contributed by atoms with van der Waals surface area (Å²) in [5, 5.41) is 7.91. The van der Waals surface area contributed by atoms with E-state index in [0.29, 0.717) is 25.1 Å². The Balaban J connectivity index is 0.00000341. The first-order valence-electron chi connectivity index (χ1n) is 10.0. The van der Waals surface area contributed by atoms with Gasteiger partial charge in [-0.25, -0.2) is 13.8 Å². The lowest BCUT2D eigenvalue weighted by Crippen LogP contribution is -2.47. The third-order valence-electron chi connectivity index (χ3n) is 5.23. The van der Waals surface area contributed by atoms with Crippen molar-refractivity contribution >= 4 is 24.2 Å². The van der Waals surface area contributed by atoms with Crippen molar-refractivity contribution in [1.29, 1.82) is 0 Å². The molecule has 1 atom stereocenters. The number of piperidine rings is 1. The molecule has 3 N–H and O–H groups in total. The smallest absolute Gasteiger partial charge is 0.269 e. The quantitative estimate of drug-likeness (QED) is 0.603. The van der Waals surface area contributed by atoms with Gasteiger partial charge in [0.2, 0.25) is 0 Å². The largest absolute Gasteiger partial charge is 0.354 e. The van der Waals surface area contributed by atoms with E-state index < -0.39 is 23.7 Å². The van der Waals surface area contributed by atoms with Crippen LogP contribution in [0.1, 0.15) is 44.9 Å². The maximum atomic E-state index is 13.9. The number of benzene rings is 1. The molecule has 0 saturated carbocycles. The van der Waals surface area contributed by atoms with Crippen molar-refractivity contribution in [2.24, 2.45) is 5.92 Å². The molecule has 31 heavy (non-hydrogen) atoms. The van der Waals surface area contributed by atoms with Gasteiger partial charge in [-0.15, -0.1) is 12.4 Å². The maximum absolute atomic E-state index is 13.9. The fourth-order valence-corrected chi connectivity index (χ4v) is 3.56. The van der Waals surface area contributed by atoms with Gasteiger partial charge in [-0.2, -0.15) is 0 Å². The van der Waals surface area contributed by atoms with Crippen LogP contribution in [0.15, 0.2) is 42.5 Å². The molecule has 1 aromatic heterocycles. The van der Waals surface area contributed by atoms with Crippen LogP contribution in [0.5, 0.6) is 0 Å². The molecular formula is C22H27ClF2N4O2. The van der Waals surface area contributed by atoms with E-state index in [-0.39, 0.29) is 43.2 Å². The summed E-state index contributed by atoms with van der Waals surface area (Å²) in [5.74, 6) is -4.33. The van der Waals surface area contributed by atoms with E-state index in [1.54, 1.807) is 6.07 Å². The van der Waals surface area contributed by atoms with E-state index in [9.17, 15) is 18.4 Å². The van der Waals surface area contributed by atoms with Gasteiger partial charge >= 0.3 is 0 Å². The van der Waals surface area contributed by atoms with E-state index in [0.717, 1.165) is 5.56 Å². The van der Waals surface area contributed by atoms with Crippen LogP contribution >= 0.6 is 12.4 Å². The average molecular weight is 453 g/mol. The van der Waals surface area contributed by atoms with Crippen LogP contribution in [-0.4, -0.2) is 49.4 Å². The summed E-state index contributed by atoms with van der Waals surface area (Å²) in [6.45, 7) is 0.371. The third kappa shape index (κ3) is 6.70. The molecule has 2 aromatic rings. The first kappa shape index (κ1) is 24.7. The monoisotopic (exact) mass is 452 g/mol. The molecule has 0 aliphatic carbocycles. The predicted octanol–water partition coefficient (Wildman–Crippen LogP) is 2.82. The zero-order chi connectivity index (χ0) is 21.6. The molecule has 168 valence electrons. The number of nitrogens with one attached hydrogen (secondary N) is 3. The summed E-state index contributed by atoms with van der Waals surface area (Å²) in [7, 11) is 1.49. The van der Waals surface area contributed by atoms with Gasteiger partial charge in [0.1, 0.15) is 5.69 Å². The zero-order valence-electron chi connectivity index (χ0n) is 17.3. The van der Waals surface area contributed by atoms with E-state index in [1.807, 2.05) is 30.3 Å². The van der Waals surface area contributed by atoms with Crippen LogP contribution in [0.2, 0.25) is 0 Å². The topological polar surface area (TPSA) is 83.1 Å². The molecule has 1 saturated heterocycles. The molecule has 1 aromatic carbocycles. The number of amides is 2. The van der Waals surface area contributed by atoms with Gasteiger partial charge in [-0.3, -0.25) is 9.59 Å². The van der Waals surface area contributed by atoms with Crippen LogP contribution in [0.4, 0.5) is 8.78 Å². The van der Waals surface area contributed by atoms with Gasteiger partial charge in [0, 0.05) is 37.2 Å². The Morgan fingerprint density at radius 3 is 2.61 bits per heavy atom. The molecule has 1 fully saturated rings. The van der Waals surface area contributed by atoms with Crippen LogP contribution in [0.3, 0.4) is 0 Å². The van der Waals surface area contributed by atoms with Crippen molar-refractivity contribution < 1.29 is 18.4 Å². The second kappa shape index (κ2) is 11.2. The van der Waals surface area contributed by atoms with E-state index in [4.69, 9.17) is 0 Å². The Morgan fingerprint density at radius 2 is 1.94 bits per heavy atom. The van der Waals surface area contributed by atoms with Crippen molar-refractivity contribution in [3.63, 3.8) is 0 Å². The number of rotatable bonds is 7. The number of alkyl halides is 2. The lowest BCUT2D eigenvalue weighted by atomic mass is 9.91. The number of carbonyl (C=O) groups is 2. The standard InChI is InChI=1S/C22H26F2N4O2.ClH/c1-25-21(30)19-13-16(12-18(28-19)11-15-5-3-2-4-6-15)20(29)27-10-8-17-7-9-26-14-22(17,23)24;/h2-6,12-13,17,26H,7-11,14H2,1H3,(H,25,30)(H,27,29);1H. The minimum Gasteiger partial charge on any atom is -0.354 e.